The molecular weight excluding hydrogens is 730 g/mol. The van der Waals surface area contributed by atoms with Crippen molar-refractivity contribution in [1.82, 2.24) is 10.6 Å². The van der Waals surface area contributed by atoms with Crippen LogP contribution in [0.25, 0.3) is 5.57 Å². The second kappa shape index (κ2) is 17.0. The fourth-order valence-electron chi connectivity index (χ4n) is 7.11. The van der Waals surface area contributed by atoms with Crippen molar-refractivity contribution in [1.29, 1.82) is 0 Å². The number of epoxide rings is 1. The lowest BCUT2D eigenvalue weighted by molar-refractivity contribution is -0.153. The lowest BCUT2D eigenvalue weighted by atomic mass is 9.83. The normalized spacial score (nSPS) is 29.7. The zero-order chi connectivity index (χ0) is 40.2. The minimum atomic E-state index is -1.82. The van der Waals surface area contributed by atoms with Crippen molar-refractivity contribution >= 4 is 46.7 Å². The van der Waals surface area contributed by atoms with Gasteiger partial charge in [0.15, 0.2) is 5.72 Å². The van der Waals surface area contributed by atoms with Crippen LogP contribution in [0.3, 0.4) is 0 Å². The Morgan fingerprint density at radius 1 is 1.16 bits per heavy atom. The molecule has 3 aliphatic rings. The number of nitrogens with one attached hydrogen (secondary N) is 2. The number of rotatable bonds is 8. The molecule has 2 saturated heterocycles. The molecule has 0 saturated carbocycles. The van der Waals surface area contributed by atoms with Gasteiger partial charge < -0.3 is 39.0 Å². The van der Waals surface area contributed by atoms with Crippen LogP contribution in [-0.2, 0) is 35.0 Å². The van der Waals surface area contributed by atoms with E-state index in [-0.39, 0.29) is 36.7 Å². The number of anilines is 1. The lowest BCUT2D eigenvalue weighted by Crippen LogP contribution is -2.63. The number of aliphatic hydroxyl groups is 1. The number of esters is 1. The molecule has 3 heterocycles. The lowest BCUT2D eigenvalue weighted by Gasteiger charge is -2.42. The third-order valence-electron chi connectivity index (χ3n) is 10.5. The number of allylic oxidation sites excluding steroid dienone is 4. The van der Waals surface area contributed by atoms with Gasteiger partial charge in [0.2, 0.25) is 5.91 Å². The van der Waals surface area contributed by atoms with Crippen LogP contribution in [0.1, 0.15) is 68.4 Å². The fraction of sp³-hybridized carbons (Fsp3) is 0.463. The van der Waals surface area contributed by atoms with Crippen LogP contribution in [0.15, 0.2) is 66.8 Å². The van der Waals surface area contributed by atoms with Crippen LogP contribution >= 0.6 is 11.6 Å². The van der Waals surface area contributed by atoms with Crippen LogP contribution in [0.5, 0.6) is 5.75 Å². The number of carbonyl (C=O) groups is 4. The fourth-order valence-corrected chi connectivity index (χ4v) is 7.42. The number of ether oxygens (including phenoxy) is 5. The van der Waals surface area contributed by atoms with Crippen molar-refractivity contribution in [3.8, 4) is 5.75 Å². The molecular formula is C41H50ClN3O10. The maximum absolute atomic E-state index is 14.1. The molecule has 2 aromatic rings. The highest BCUT2D eigenvalue weighted by Crippen LogP contribution is 2.49. The smallest absolute Gasteiger partial charge is 0.409 e. The largest absolute Gasteiger partial charge is 0.495 e. The third-order valence-corrected chi connectivity index (χ3v) is 10.9. The monoisotopic (exact) mass is 779 g/mol. The van der Waals surface area contributed by atoms with Gasteiger partial charge in [0.1, 0.15) is 34.7 Å². The van der Waals surface area contributed by atoms with E-state index >= 15 is 0 Å². The maximum atomic E-state index is 14.1. The molecule has 0 unspecified atom stereocenters. The van der Waals surface area contributed by atoms with Gasteiger partial charge >= 0.3 is 12.1 Å². The Kier molecular flexibility index (Phi) is 12.8. The Morgan fingerprint density at radius 3 is 2.51 bits per heavy atom. The molecule has 7 atom stereocenters. The summed E-state index contributed by atoms with van der Waals surface area (Å²) in [5.41, 5.74) is 1.31. The van der Waals surface area contributed by atoms with Crippen molar-refractivity contribution in [2.24, 2.45) is 5.92 Å². The van der Waals surface area contributed by atoms with Gasteiger partial charge in [-0.3, -0.25) is 19.7 Å². The van der Waals surface area contributed by atoms with E-state index < -0.39 is 59.6 Å². The van der Waals surface area contributed by atoms with E-state index in [9.17, 15) is 24.3 Å². The van der Waals surface area contributed by atoms with Crippen molar-refractivity contribution in [2.45, 2.75) is 89.1 Å². The topological polar surface area (TPSA) is 165 Å². The Bertz CT molecular complexity index is 1880. The number of nitrogens with zero attached hydrogens (tertiary/aromatic N) is 1. The number of methoxy groups -OCH3 is 2. The van der Waals surface area contributed by atoms with Gasteiger partial charge in [-0.05, 0) is 62.6 Å². The molecule has 3 aliphatic heterocycles. The number of fused-ring (bicyclic) bond motifs is 5. The van der Waals surface area contributed by atoms with E-state index in [1.165, 1.54) is 19.1 Å². The summed E-state index contributed by atoms with van der Waals surface area (Å²) in [4.78, 5) is 54.5. The van der Waals surface area contributed by atoms with Gasteiger partial charge in [0.05, 0.1) is 31.7 Å². The predicted octanol–water partition coefficient (Wildman–Crippen LogP) is 5.52. The molecule has 0 radical (unpaired) electrons. The Hall–Kier alpha value is -4.69. The quantitative estimate of drug-likeness (QED) is 0.230. The van der Waals surface area contributed by atoms with Crippen molar-refractivity contribution in [3.63, 3.8) is 0 Å². The first-order valence-corrected chi connectivity index (χ1v) is 18.5. The second-order valence-corrected chi connectivity index (χ2v) is 15.0. The Labute approximate surface area is 326 Å². The van der Waals surface area contributed by atoms with Crippen molar-refractivity contribution < 1.29 is 48.0 Å². The molecule has 2 aromatic carbocycles. The van der Waals surface area contributed by atoms with E-state index in [0.717, 1.165) is 22.3 Å². The van der Waals surface area contributed by atoms with Gasteiger partial charge in [-0.1, -0.05) is 66.6 Å². The summed E-state index contributed by atoms with van der Waals surface area (Å²) in [7, 11) is 4.50. The summed E-state index contributed by atoms with van der Waals surface area (Å²) in [6, 6.07) is 10.5. The molecule has 0 spiro atoms. The number of benzene rings is 2. The first-order valence-electron chi connectivity index (χ1n) is 18.1. The van der Waals surface area contributed by atoms with Crippen LogP contribution in [0.2, 0.25) is 5.02 Å². The molecule has 14 heteroatoms. The summed E-state index contributed by atoms with van der Waals surface area (Å²) in [6.07, 6.45) is 0.824. The summed E-state index contributed by atoms with van der Waals surface area (Å²) in [5.74, 6) is -1.60. The Balaban J connectivity index is 1.43. The number of carbonyl (C=O) groups excluding carboxylic acids is 4. The number of alkyl carbamates (subject to hydrolysis) is 1. The van der Waals surface area contributed by atoms with Gasteiger partial charge in [-0.25, -0.2) is 4.79 Å². The highest BCUT2D eigenvalue weighted by molar-refractivity contribution is 6.35. The molecule has 13 nitrogen and oxygen atoms in total. The van der Waals surface area contributed by atoms with Gasteiger partial charge in [-0.2, -0.15) is 0 Å². The van der Waals surface area contributed by atoms with E-state index in [1.807, 2.05) is 19.9 Å². The standard InChI is InChI=1S/C41H50ClN3O10/c1-23(2)27-12-14-28(15-13-27)38(48)43-17-16-35(47)54-33-21-34(46)45(6)29-19-26(20-30(51-7)36(29)42)18-24(3)10-9-11-32(52-8)41(50)22-31(53-39(49)44-41)25(4)37-40(33,5)55-37/h9-15,19-20,25,31-33,37,50H,1,16-18,21-22H2,2-8H3,(H,43,48)(H,44,49)/b11-9+,24-10+/t25-,31+,32-,33+,37+,40+,41+/m1/s1. The highest BCUT2D eigenvalue weighted by Gasteiger charge is 2.64. The van der Waals surface area contributed by atoms with Gasteiger partial charge in [-0.15, -0.1) is 0 Å². The molecule has 55 heavy (non-hydrogen) atoms. The van der Waals surface area contributed by atoms with E-state index in [4.69, 9.17) is 35.3 Å². The van der Waals surface area contributed by atoms with Crippen LogP contribution in [0.4, 0.5) is 10.5 Å². The number of halogens is 1. The summed E-state index contributed by atoms with van der Waals surface area (Å²) in [6.45, 7) is 11.2. The zero-order valence-electron chi connectivity index (χ0n) is 32.3. The van der Waals surface area contributed by atoms with Gasteiger partial charge in [0.25, 0.3) is 5.91 Å². The zero-order valence-corrected chi connectivity index (χ0v) is 33.0. The molecule has 3 N–H and O–H groups in total. The van der Waals surface area contributed by atoms with Crippen molar-refractivity contribution in [2.75, 3.05) is 32.7 Å². The van der Waals surface area contributed by atoms with E-state index in [2.05, 4.69) is 17.2 Å². The van der Waals surface area contributed by atoms with E-state index in [1.54, 1.807) is 69.4 Å². The first kappa shape index (κ1) is 41.5. The molecule has 296 valence electrons. The number of amides is 3. The van der Waals surface area contributed by atoms with Crippen LogP contribution in [0, 0.1) is 5.92 Å². The van der Waals surface area contributed by atoms with Crippen molar-refractivity contribution in [3.05, 3.63) is 88.5 Å². The van der Waals surface area contributed by atoms with Crippen LogP contribution < -0.4 is 20.3 Å². The second-order valence-electron chi connectivity index (χ2n) is 14.6. The molecule has 4 bridgehead atoms. The molecule has 2 fully saturated rings. The average molecular weight is 780 g/mol. The molecule has 0 aliphatic carbocycles. The first-order chi connectivity index (χ1) is 26.0. The predicted molar refractivity (Wildman–Crippen MR) is 207 cm³/mol. The maximum Gasteiger partial charge on any atom is 0.409 e. The summed E-state index contributed by atoms with van der Waals surface area (Å²) < 4.78 is 29.1. The number of hydrogen-bond acceptors (Lipinski definition) is 10. The molecule has 3 amide bonds. The Morgan fingerprint density at radius 2 is 1.85 bits per heavy atom. The summed E-state index contributed by atoms with van der Waals surface area (Å²) in [5, 5.41) is 17.2. The summed E-state index contributed by atoms with van der Waals surface area (Å²) >= 11 is 6.75. The number of hydrogen-bond donors (Lipinski definition) is 3. The molecule has 0 aromatic heterocycles. The minimum absolute atomic E-state index is 0.0212. The van der Waals surface area contributed by atoms with E-state index in [0.29, 0.717) is 23.4 Å². The van der Waals surface area contributed by atoms with Crippen LogP contribution in [-0.4, -0.2) is 92.5 Å². The molecule has 5 rings (SSSR count). The highest BCUT2D eigenvalue weighted by atomic mass is 35.5. The SMILES string of the molecule is C=C(C)c1ccc(C(=O)NCCC(=O)O[C@H]2CC(=O)N(C)c3cc(cc(OC)c3Cl)C/C(C)=C/C=C/[C@@H](OC)[C@@]3(O)C[C@H](OC(=O)N3)[C@@H](C)[C@@H]3O[C@@]23C)cc1. The minimum Gasteiger partial charge on any atom is -0.495 e. The van der Waals surface area contributed by atoms with Gasteiger partial charge in [0, 0.05) is 38.6 Å². The third kappa shape index (κ3) is 9.41. The average Bonchev–Trinajstić information content (AvgIpc) is 3.84.